The molecule has 0 spiro atoms. The first-order chi connectivity index (χ1) is 15.7. The number of carbonyl (C=O) groups excluding carboxylic acids is 2. The van der Waals surface area contributed by atoms with Crippen LogP contribution in [0.25, 0.3) is 10.9 Å². The van der Waals surface area contributed by atoms with E-state index >= 15 is 0 Å². The molecule has 3 heterocycles. The molecule has 162 valence electrons. The normalized spacial score (nSPS) is 13.2. The number of fused-ring (bicyclic) bond motifs is 2. The molecule has 6 heteroatoms. The quantitative estimate of drug-likeness (QED) is 0.479. The van der Waals surface area contributed by atoms with E-state index in [1.807, 2.05) is 58.0 Å². The average molecular weight is 444 g/mol. The van der Waals surface area contributed by atoms with Crippen molar-refractivity contribution >= 4 is 34.1 Å². The lowest BCUT2D eigenvalue weighted by Gasteiger charge is -2.27. The molecule has 0 unspecified atom stereocenters. The van der Waals surface area contributed by atoms with Gasteiger partial charge in [-0.3, -0.25) is 9.59 Å². The maximum Gasteiger partial charge on any atom is 0.267 e. The highest BCUT2D eigenvalue weighted by Gasteiger charge is 2.22. The summed E-state index contributed by atoms with van der Waals surface area (Å²) in [4.78, 5) is 29.0. The van der Waals surface area contributed by atoms with E-state index in [9.17, 15) is 9.59 Å². The first-order valence-corrected chi connectivity index (χ1v) is 11.8. The molecule has 2 amide bonds. The maximum atomic E-state index is 13.1. The predicted octanol–water partition coefficient (Wildman–Crippen LogP) is 4.46. The largest absolute Gasteiger partial charge is 0.350 e. The van der Waals surface area contributed by atoms with Gasteiger partial charge >= 0.3 is 0 Å². The fraction of sp³-hybridized carbons (Fsp3) is 0.231. The third-order valence-corrected chi connectivity index (χ3v) is 7.03. The summed E-state index contributed by atoms with van der Waals surface area (Å²) in [7, 11) is 0. The monoisotopic (exact) mass is 443 g/mol. The molecule has 1 aliphatic rings. The number of hydrogen-bond acceptors (Lipinski definition) is 3. The highest BCUT2D eigenvalue weighted by molar-refractivity contribution is 7.10. The van der Waals surface area contributed by atoms with Crippen molar-refractivity contribution in [1.29, 1.82) is 0 Å². The maximum absolute atomic E-state index is 13.1. The van der Waals surface area contributed by atoms with Crippen molar-refractivity contribution in [3.05, 3.63) is 93.8 Å². The van der Waals surface area contributed by atoms with E-state index in [1.54, 1.807) is 11.3 Å². The summed E-state index contributed by atoms with van der Waals surface area (Å²) >= 11 is 1.76. The zero-order valence-corrected chi connectivity index (χ0v) is 18.6. The van der Waals surface area contributed by atoms with Crippen molar-refractivity contribution in [2.45, 2.75) is 25.9 Å². The van der Waals surface area contributed by atoms with Crippen molar-refractivity contribution < 1.29 is 9.59 Å². The van der Waals surface area contributed by atoms with Crippen molar-refractivity contribution in [1.82, 2.24) is 14.8 Å². The molecule has 0 saturated carbocycles. The molecular formula is C26H25N3O2S. The van der Waals surface area contributed by atoms with Crippen LogP contribution in [-0.4, -0.2) is 34.4 Å². The SMILES string of the molecule is O=C(NCCC(=O)N1CCc2sccc2C1)c1cc2ccccc2n1Cc1ccccc1. The summed E-state index contributed by atoms with van der Waals surface area (Å²) in [5, 5.41) is 6.09. The number of aromatic nitrogens is 1. The van der Waals surface area contributed by atoms with Crippen LogP contribution in [0.3, 0.4) is 0 Å². The van der Waals surface area contributed by atoms with Gasteiger partial charge in [-0.1, -0.05) is 48.5 Å². The molecular weight excluding hydrogens is 418 g/mol. The number of benzene rings is 2. The molecule has 1 aliphatic heterocycles. The van der Waals surface area contributed by atoms with Gasteiger partial charge in [0, 0.05) is 48.4 Å². The van der Waals surface area contributed by atoms with Crippen LogP contribution in [0.1, 0.15) is 32.9 Å². The van der Waals surface area contributed by atoms with Crippen LogP contribution < -0.4 is 5.32 Å². The Morgan fingerprint density at radius 2 is 1.81 bits per heavy atom. The molecule has 1 N–H and O–H groups in total. The van der Waals surface area contributed by atoms with E-state index < -0.39 is 0 Å². The molecule has 0 aliphatic carbocycles. The van der Waals surface area contributed by atoms with Crippen LogP contribution in [0.15, 0.2) is 72.1 Å². The Balaban J connectivity index is 1.26. The Bertz CT molecular complexity index is 1260. The Morgan fingerprint density at radius 1 is 1.00 bits per heavy atom. The molecule has 32 heavy (non-hydrogen) atoms. The predicted molar refractivity (Wildman–Crippen MR) is 128 cm³/mol. The topological polar surface area (TPSA) is 54.3 Å². The Hall–Kier alpha value is -3.38. The minimum atomic E-state index is -0.149. The lowest BCUT2D eigenvalue weighted by atomic mass is 10.1. The molecule has 0 saturated heterocycles. The number of nitrogens with one attached hydrogen (secondary N) is 1. The second kappa shape index (κ2) is 9.01. The highest BCUT2D eigenvalue weighted by Crippen LogP contribution is 2.24. The number of amides is 2. The third-order valence-electron chi connectivity index (χ3n) is 6.01. The molecule has 0 radical (unpaired) electrons. The van der Waals surface area contributed by atoms with E-state index in [0.717, 1.165) is 29.4 Å². The van der Waals surface area contributed by atoms with E-state index in [2.05, 4.69) is 28.9 Å². The van der Waals surface area contributed by atoms with Crippen molar-refractivity contribution in [3.63, 3.8) is 0 Å². The van der Waals surface area contributed by atoms with E-state index in [1.165, 1.54) is 10.4 Å². The molecule has 2 aromatic heterocycles. The van der Waals surface area contributed by atoms with Gasteiger partial charge in [0.25, 0.3) is 5.91 Å². The number of rotatable bonds is 6. The van der Waals surface area contributed by atoms with Crippen molar-refractivity contribution in [2.75, 3.05) is 13.1 Å². The summed E-state index contributed by atoms with van der Waals surface area (Å²) < 4.78 is 2.05. The second-order valence-electron chi connectivity index (χ2n) is 8.10. The number of carbonyl (C=O) groups is 2. The van der Waals surface area contributed by atoms with E-state index in [0.29, 0.717) is 31.7 Å². The standard InChI is InChI=1S/C26H25N3O2S/c30-25(28-14-11-24-21(18-28)12-15-32-24)10-13-27-26(31)23-16-20-8-4-5-9-22(20)29(23)17-19-6-2-1-3-7-19/h1-9,12,15-16H,10-11,13-14,17-18H2,(H,27,31). The van der Waals surface area contributed by atoms with Crippen LogP contribution in [-0.2, 0) is 24.3 Å². The van der Waals surface area contributed by atoms with Gasteiger partial charge in [-0.15, -0.1) is 11.3 Å². The van der Waals surface area contributed by atoms with Gasteiger partial charge in [-0.25, -0.2) is 0 Å². The van der Waals surface area contributed by atoms with Crippen molar-refractivity contribution in [3.8, 4) is 0 Å². The van der Waals surface area contributed by atoms with E-state index in [-0.39, 0.29) is 11.8 Å². The van der Waals surface area contributed by atoms with Crippen LogP contribution in [0, 0.1) is 0 Å². The van der Waals surface area contributed by atoms with Gasteiger partial charge in [-0.05, 0) is 41.1 Å². The summed E-state index contributed by atoms with van der Waals surface area (Å²) in [6.45, 7) is 2.38. The van der Waals surface area contributed by atoms with Gasteiger partial charge in [0.1, 0.15) is 5.69 Å². The Labute approximate surface area is 191 Å². The summed E-state index contributed by atoms with van der Waals surface area (Å²) in [6.07, 6.45) is 1.23. The molecule has 5 nitrogen and oxygen atoms in total. The summed E-state index contributed by atoms with van der Waals surface area (Å²) in [5.41, 5.74) is 4.03. The number of nitrogens with zero attached hydrogens (tertiary/aromatic N) is 2. The van der Waals surface area contributed by atoms with Crippen LogP contribution >= 0.6 is 11.3 Å². The smallest absolute Gasteiger partial charge is 0.267 e. The van der Waals surface area contributed by atoms with Crippen LogP contribution in [0.4, 0.5) is 0 Å². The fourth-order valence-electron chi connectivity index (χ4n) is 4.33. The molecule has 0 fully saturated rings. The molecule has 4 aromatic rings. The minimum absolute atomic E-state index is 0.0898. The number of thiophene rings is 1. The molecule has 5 rings (SSSR count). The number of hydrogen-bond donors (Lipinski definition) is 1. The Morgan fingerprint density at radius 3 is 2.69 bits per heavy atom. The first kappa shape index (κ1) is 20.5. The van der Waals surface area contributed by atoms with Gasteiger partial charge in [0.15, 0.2) is 0 Å². The lowest BCUT2D eigenvalue weighted by Crippen LogP contribution is -2.37. The Kier molecular flexibility index (Phi) is 5.77. The fourth-order valence-corrected chi connectivity index (χ4v) is 5.22. The van der Waals surface area contributed by atoms with Gasteiger partial charge in [0.05, 0.1) is 0 Å². The highest BCUT2D eigenvalue weighted by atomic mass is 32.1. The van der Waals surface area contributed by atoms with E-state index in [4.69, 9.17) is 0 Å². The van der Waals surface area contributed by atoms with Crippen molar-refractivity contribution in [2.24, 2.45) is 0 Å². The van der Waals surface area contributed by atoms with Crippen LogP contribution in [0.2, 0.25) is 0 Å². The molecule has 2 aromatic carbocycles. The minimum Gasteiger partial charge on any atom is -0.350 e. The first-order valence-electron chi connectivity index (χ1n) is 10.9. The zero-order chi connectivity index (χ0) is 21.9. The molecule has 0 atom stereocenters. The molecule has 0 bridgehead atoms. The lowest BCUT2D eigenvalue weighted by molar-refractivity contribution is -0.131. The number of para-hydroxylation sites is 1. The third kappa shape index (κ3) is 4.18. The summed E-state index contributed by atoms with van der Waals surface area (Å²) in [5.74, 6) is -0.0596. The second-order valence-corrected chi connectivity index (χ2v) is 9.10. The van der Waals surface area contributed by atoms with Gasteiger partial charge < -0.3 is 14.8 Å². The van der Waals surface area contributed by atoms with Crippen LogP contribution in [0.5, 0.6) is 0 Å². The van der Waals surface area contributed by atoms with Gasteiger partial charge in [0.2, 0.25) is 5.91 Å². The summed E-state index contributed by atoms with van der Waals surface area (Å²) in [6, 6.07) is 22.2. The van der Waals surface area contributed by atoms with Gasteiger partial charge in [-0.2, -0.15) is 0 Å². The zero-order valence-electron chi connectivity index (χ0n) is 17.8. The average Bonchev–Trinajstić information content (AvgIpc) is 3.44.